The monoisotopic (exact) mass is 420 g/mol. The van der Waals surface area contributed by atoms with Crippen molar-refractivity contribution in [3.63, 3.8) is 0 Å². The SMILES string of the molecule is CC(=O)c1ccc(N2CCN(C(=O)[C@H]3CCC(=O)N(Cc4ccccn4)C3)CC2)cc1. The fraction of sp³-hybridized carbons (Fsp3) is 0.417. The van der Waals surface area contributed by atoms with Gasteiger partial charge in [0.05, 0.1) is 18.2 Å². The molecule has 2 amide bonds. The third kappa shape index (κ3) is 4.93. The molecule has 0 spiro atoms. The fourth-order valence-corrected chi connectivity index (χ4v) is 4.31. The zero-order chi connectivity index (χ0) is 21.8. The maximum atomic E-state index is 13.1. The number of piperidine rings is 1. The van der Waals surface area contributed by atoms with Gasteiger partial charge in [0, 0.05) is 56.6 Å². The molecule has 2 saturated heterocycles. The highest BCUT2D eigenvalue weighted by Gasteiger charge is 2.34. The Bertz CT molecular complexity index is 937. The van der Waals surface area contributed by atoms with Crippen molar-refractivity contribution in [3.8, 4) is 0 Å². The van der Waals surface area contributed by atoms with E-state index >= 15 is 0 Å². The van der Waals surface area contributed by atoms with Crippen molar-refractivity contribution in [2.75, 3.05) is 37.6 Å². The molecule has 0 N–H and O–H groups in total. The molecule has 2 aromatic rings. The number of benzene rings is 1. The van der Waals surface area contributed by atoms with Crippen molar-refractivity contribution in [2.24, 2.45) is 5.92 Å². The molecular weight excluding hydrogens is 392 g/mol. The molecule has 4 rings (SSSR count). The Hall–Kier alpha value is -3.22. The van der Waals surface area contributed by atoms with Crippen molar-refractivity contribution in [1.82, 2.24) is 14.8 Å². The van der Waals surface area contributed by atoms with Gasteiger partial charge in [-0.1, -0.05) is 6.07 Å². The predicted octanol–water partition coefficient (Wildman–Crippen LogP) is 2.37. The quantitative estimate of drug-likeness (QED) is 0.695. The first-order valence-electron chi connectivity index (χ1n) is 10.8. The van der Waals surface area contributed by atoms with Crippen LogP contribution in [0.15, 0.2) is 48.7 Å². The van der Waals surface area contributed by atoms with Crippen LogP contribution in [0.2, 0.25) is 0 Å². The van der Waals surface area contributed by atoms with Crippen LogP contribution < -0.4 is 4.90 Å². The van der Waals surface area contributed by atoms with E-state index in [9.17, 15) is 14.4 Å². The summed E-state index contributed by atoms with van der Waals surface area (Å²) in [6.45, 7) is 5.32. The van der Waals surface area contributed by atoms with Crippen molar-refractivity contribution in [2.45, 2.75) is 26.3 Å². The van der Waals surface area contributed by atoms with Gasteiger partial charge in [-0.15, -0.1) is 0 Å². The minimum Gasteiger partial charge on any atom is -0.368 e. The summed E-state index contributed by atoms with van der Waals surface area (Å²) < 4.78 is 0. The highest BCUT2D eigenvalue weighted by molar-refractivity contribution is 5.94. The first-order valence-corrected chi connectivity index (χ1v) is 10.8. The van der Waals surface area contributed by atoms with Gasteiger partial charge >= 0.3 is 0 Å². The number of likely N-dealkylation sites (tertiary alicyclic amines) is 1. The average molecular weight is 421 g/mol. The fourth-order valence-electron chi connectivity index (χ4n) is 4.31. The molecule has 0 bridgehead atoms. The Morgan fingerprint density at radius 1 is 1.03 bits per heavy atom. The zero-order valence-electron chi connectivity index (χ0n) is 17.9. The summed E-state index contributed by atoms with van der Waals surface area (Å²) in [5.41, 5.74) is 2.62. The van der Waals surface area contributed by atoms with E-state index in [1.54, 1.807) is 18.0 Å². The molecule has 2 fully saturated rings. The Kier molecular flexibility index (Phi) is 6.30. The summed E-state index contributed by atoms with van der Waals surface area (Å²) in [7, 11) is 0. The number of rotatable bonds is 5. The Balaban J connectivity index is 1.32. The molecular formula is C24H28N4O3. The largest absolute Gasteiger partial charge is 0.368 e. The summed E-state index contributed by atoms with van der Waals surface area (Å²) in [5.74, 6) is 0.145. The second-order valence-corrected chi connectivity index (χ2v) is 8.25. The molecule has 2 aliphatic heterocycles. The molecule has 31 heavy (non-hydrogen) atoms. The number of nitrogens with zero attached hydrogens (tertiary/aromatic N) is 4. The van der Waals surface area contributed by atoms with Crippen LogP contribution in [0.4, 0.5) is 5.69 Å². The van der Waals surface area contributed by atoms with Gasteiger partial charge in [0.1, 0.15) is 0 Å². The number of pyridine rings is 1. The first-order chi connectivity index (χ1) is 15.0. The van der Waals surface area contributed by atoms with E-state index in [0.717, 1.165) is 24.5 Å². The molecule has 7 nitrogen and oxygen atoms in total. The lowest BCUT2D eigenvalue weighted by Crippen LogP contribution is -2.53. The maximum absolute atomic E-state index is 13.1. The predicted molar refractivity (Wildman–Crippen MR) is 118 cm³/mol. The van der Waals surface area contributed by atoms with E-state index in [-0.39, 0.29) is 23.5 Å². The van der Waals surface area contributed by atoms with Crippen LogP contribution in [0.25, 0.3) is 0 Å². The number of aromatic nitrogens is 1. The normalized spacial score (nSPS) is 19.5. The first kappa shape index (κ1) is 21.0. The minimum absolute atomic E-state index is 0.0602. The van der Waals surface area contributed by atoms with Crippen LogP contribution in [-0.4, -0.2) is 65.1 Å². The third-order valence-corrected chi connectivity index (χ3v) is 6.16. The van der Waals surface area contributed by atoms with Crippen LogP contribution in [-0.2, 0) is 16.1 Å². The molecule has 3 heterocycles. The van der Waals surface area contributed by atoms with Gasteiger partial charge in [-0.05, 0) is 49.7 Å². The second-order valence-electron chi connectivity index (χ2n) is 8.25. The Morgan fingerprint density at radius 3 is 2.42 bits per heavy atom. The summed E-state index contributed by atoms with van der Waals surface area (Å²) in [5, 5.41) is 0. The standard InChI is InChI=1S/C24H28N4O3/c1-18(29)19-5-8-22(9-6-19)26-12-14-27(15-13-26)24(31)20-7-10-23(30)28(16-20)17-21-4-2-3-11-25-21/h2-6,8-9,11,20H,7,10,12-17H2,1H3/t20-/m0/s1. The number of Topliss-reactive ketones (excluding diaryl/α,β-unsaturated/α-hetero) is 1. The van der Waals surface area contributed by atoms with Crippen LogP contribution >= 0.6 is 0 Å². The van der Waals surface area contributed by atoms with Crippen LogP contribution in [0.1, 0.15) is 35.8 Å². The lowest BCUT2D eigenvalue weighted by Gasteiger charge is -2.39. The van der Waals surface area contributed by atoms with Gasteiger partial charge in [-0.3, -0.25) is 19.4 Å². The average Bonchev–Trinajstić information content (AvgIpc) is 2.81. The van der Waals surface area contributed by atoms with Crippen molar-refractivity contribution in [1.29, 1.82) is 0 Å². The molecule has 0 unspecified atom stereocenters. The zero-order valence-corrected chi connectivity index (χ0v) is 17.9. The van der Waals surface area contributed by atoms with E-state index in [0.29, 0.717) is 44.6 Å². The molecule has 1 aromatic heterocycles. The maximum Gasteiger partial charge on any atom is 0.227 e. The topological polar surface area (TPSA) is 73.8 Å². The number of hydrogen-bond donors (Lipinski definition) is 0. The van der Waals surface area contributed by atoms with E-state index in [1.165, 1.54) is 0 Å². The number of carbonyl (C=O) groups is 3. The molecule has 7 heteroatoms. The lowest BCUT2D eigenvalue weighted by atomic mass is 9.95. The highest BCUT2D eigenvalue weighted by Crippen LogP contribution is 2.23. The Labute approximate surface area is 182 Å². The molecule has 0 saturated carbocycles. The van der Waals surface area contributed by atoms with Gasteiger partial charge in [-0.25, -0.2) is 0 Å². The summed E-state index contributed by atoms with van der Waals surface area (Å²) in [6, 6.07) is 13.3. The van der Waals surface area contributed by atoms with Crippen molar-refractivity contribution >= 4 is 23.3 Å². The number of ketones is 1. The van der Waals surface area contributed by atoms with E-state index in [1.807, 2.05) is 47.4 Å². The third-order valence-electron chi connectivity index (χ3n) is 6.16. The molecule has 162 valence electrons. The number of carbonyl (C=O) groups excluding carboxylic acids is 3. The number of hydrogen-bond acceptors (Lipinski definition) is 5. The van der Waals surface area contributed by atoms with Gasteiger partial charge < -0.3 is 14.7 Å². The summed E-state index contributed by atoms with van der Waals surface area (Å²) in [4.78, 5) is 47.2. The van der Waals surface area contributed by atoms with Gasteiger partial charge in [0.15, 0.2) is 5.78 Å². The van der Waals surface area contributed by atoms with E-state index < -0.39 is 0 Å². The molecule has 0 radical (unpaired) electrons. The van der Waals surface area contributed by atoms with Gasteiger partial charge in [0.2, 0.25) is 11.8 Å². The van der Waals surface area contributed by atoms with Gasteiger partial charge in [-0.2, -0.15) is 0 Å². The smallest absolute Gasteiger partial charge is 0.227 e. The van der Waals surface area contributed by atoms with Crippen molar-refractivity contribution in [3.05, 3.63) is 59.9 Å². The molecule has 1 atom stereocenters. The van der Waals surface area contributed by atoms with Crippen LogP contribution in [0.5, 0.6) is 0 Å². The van der Waals surface area contributed by atoms with E-state index in [2.05, 4.69) is 9.88 Å². The summed E-state index contributed by atoms with van der Waals surface area (Å²) in [6.07, 6.45) is 2.74. The van der Waals surface area contributed by atoms with Crippen molar-refractivity contribution < 1.29 is 14.4 Å². The molecule has 0 aliphatic carbocycles. The lowest BCUT2D eigenvalue weighted by molar-refractivity contribution is -0.143. The van der Waals surface area contributed by atoms with Crippen LogP contribution in [0, 0.1) is 5.92 Å². The van der Waals surface area contributed by atoms with E-state index in [4.69, 9.17) is 0 Å². The number of anilines is 1. The second kappa shape index (κ2) is 9.29. The highest BCUT2D eigenvalue weighted by atomic mass is 16.2. The van der Waals surface area contributed by atoms with Crippen LogP contribution in [0.3, 0.4) is 0 Å². The Morgan fingerprint density at radius 2 is 1.77 bits per heavy atom. The van der Waals surface area contributed by atoms with Gasteiger partial charge in [0.25, 0.3) is 0 Å². The molecule has 1 aromatic carbocycles. The summed E-state index contributed by atoms with van der Waals surface area (Å²) >= 11 is 0. The molecule has 2 aliphatic rings. The minimum atomic E-state index is -0.150. The number of piperazine rings is 1. The number of amides is 2.